The average Bonchev–Trinajstić information content (AvgIpc) is 3.04. The van der Waals surface area contributed by atoms with E-state index in [2.05, 4.69) is 21.9 Å². The second-order valence-corrected chi connectivity index (χ2v) is 3.81. The van der Waals surface area contributed by atoms with Crippen LogP contribution in [0.4, 0.5) is 5.82 Å². The Labute approximate surface area is 89.3 Å². The molecule has 1 fully saturated rings. The molecule has 2 rings (SSSR count). The van der Waals surface area contributed by atoms with Gasteiger partial charge >= 0.3 is 0 Å². The van der Waals surface area contributed by atoms with Gasteiger partial charge in [-0.2, -0.15) is 0 Å². The highest BCUT2D eigenvalue weighted by molar-refractivity contribution is 5.38. The fourth-order valence-corrected chi connectivity index (χ4v) is 1.43. The van der Waals surface area contributed by atoms with Gasteiger partial charge in [0, 0.05) is 25.0 Å². The maximum Gasteiger partial charge on any atom is 0.257 e. The van der Waals surface area contributed by atoms with Crippen molar-refractivity contribution in [3.63, 3.8) is 0 Å². The number of nitrogen functional groups attached to an aromatic ring is 1. The number of anilines is 1. The molecular formula is C10H16N4O. The molecule has 0 aliphatic heterocycles. The highest BCUT2D eigenvalue weighted by Crippen LogP contribution is 2.24. The Morgan fingerprint density at radius 1 is 1.47 bits per heavy atom. The van der Waals surface area contributed by atoms with Crippen LogP contribution in [0.5, 0.6) is 5.88 Å². The highest BCUT2D eigenvalue weighted by atomic mass is 16.5. The van der Waals surface area contributed by atoms with Crippen LogP contribution in [-0.4, -0.2) is 41.1 Å². The Balaban J connectivity index is 1.75. The van der Waals surface area contributed by atoms with E-state index in [0.717, 1.165) is 12.6 Å². The molecule has 1 aliphatic rings. The first-order valence-corrected chi connectivity index (χ1v) is 5.17. The van der Waals surface area contributed by atoms with Gasteiger partial charge in [-0.05, 0) is 19.9 Å². The Morgan fingerprint density at radius 2 is 2.20 bits per heavy atom. The third kappa shape index (κ3) is 2.79. The zero-order valence-corrected chi connectivity index (χ0v) is 8.89. The molecule has 0 bridgehead atoms. The quantitative estimate of drug-likeness (QED) is 0.764. The standard InChI is InChI=1S/C10H16N4O/c1-14(8-2-3-8)6-7-15-10-9(11)12-4-5-13-10/h4-5,8H,2-3,6-7H2,1H3,(H2,11,12). The first-order valence-electron chi connectivity index (χ1n) is 5.17. The summed E-state index contributed by atoms with van der Waals surface area (Å²) >= 11 is 0. The molecule has 5 nitrogen and oxygen atoms in total. The first kappa shape index (κ1) is 10.2. The third-order valence-corrected chi connectivity index (χ3v) is 2.54. The minimum Gasteiger partial charge on any atom is -0.474 e. The van der Waals surface area contributed by atoms with Crippen LogP contribution in [0.25, 0.3) is 0 Å². The van der Waals surface area contributed by atoms with Gasteiger partial charge in [0.2, 0.25) is 0 Å². The zero-order valence-electron chi connectivity index (χ0n) is 8.89. The molecular weight excluding hydrogens is 192 g/mol. The van der Waals surface area contributed by atoms with Gasteiger partial charge in [0.25, 0.3) is 5.88 Å². The molecule has 2 N–H and O–H groups in total. The Morgan fingerprint density at radius 3 is 2.87 bits per heavy atom. The van der Waals surface area contributed by atoms with E-state index in [4.69, 9.17) is 10.5 Å². The lowest BCUT2D eigenvalue weighted by molar-refractivity contribution is 0.227. The number of hydrogen-bond donors (Lipinski definition) is 1. The van der Waals surface area contributed by atoms with Crippen molar-refractivity contribution in [3.05, 3.63) is 12.4 Å². The fourth-order valence-electron chi connectivity index (χ4n) is 1.43. The number of rotatable bonds is 5. The second kappa shape index (κ2) is 4.44. The SMILES string of the molecule is CN(CCOc1nccnc1N)C1CC1. The summed E-state index contributed by atoms with van der Waals surface area (Å²) in [5.74, 6) is 0.785. The van der Waals surface area contributed by atoms with Crippen LogP contribution >= 0.6 is 0 Å². The number of nitrogens with two attached hydrogens (primary N) is 1. The van der Waals surface area contributed by atoms with Gasteiger partial charge < -0.3 is 15.4 Å². The van der Waals surface area contributed by atoms with Crippen molar-refractivity contribution in [3.8, 4) is 5.88 Å². The van der Waals surface area contributed by atoms with Crippen LogP contribution in [0.3, 0.4) is 0 Å². The summed E-state index contributed by atoms with van der Waals surface area (Å²) < 4.78 is 5.45. The predicted octanol–water partition coefficient (Wildman–Crippen LogP) is 0.532. The number of likely N-dealkylation sites (N-methyl/N-ethyl adjacent to an activating group) is 1. The fraction of sp³-hybridized carbons (Fsp3) is 0.600. The normalized spacial score (nSPS) is 15.6. The summed E-state index contributed by atoms with van der Waals surface area (Å²) in [6.45, 7) is 1.51. The largest absolute Gasteiger partial charge is 0.474 e. The number of ether oxygens (including phenoxy) is 1. The molecule has 1 heterocycles. The van der Waals surface area contributed by atoms with E-state index < -0.39 is 0 Å². The van der Waals surface area contributed by atoms with E-state index in [9.17, 15) is 0 Å². The molecule has 82 valence electrons. The molecule has 1 aromatic rings. The lowest BCUT2D eigenvalue weighted by Crippen LogP contribution is -2.26. The molecule has 0 saturated heterocycles. The lowest BCUT2D eigenvalue weighted by Gasteiger charge is -2.15. The van der Waals surface area contributed by atoms with Gasteiger partial charge in [-0.3, -0.25) is 0 Å². The van der Waals surface area contributed by atoms with E-state index in [1.807, 2.05) is 0 Å². The molecule has 0 aromatic carbocycles. The summed E-state index contributed by atoms with van der Waals surface area (Å²) in [5.41, 5.74) is 5.60. The minimum absolute atomic E-state index is 0.353. The number of aromatic nitrogens is 2. The summed E-state index contributed by atoms with van der Waals surface area (Å²) in [4.78, 5) is 10.2. The van der Waals surface area contributed by atoms with Crippen molar-refractivity contribution >= 4 is 5.82 Å². The molecule has 1 saturated carbocycles. The molecule has 0 atom stereocenters. The van der Waals surface area contributed by atoms with Gasteiger partial charge in [0.1, 0.15) is 6.61 Å². The maximum absolute atomic E-state index is 5.60. The smallest absolute Gasteiger partial charge is 0.257 e. The monoisotopic (exact) mass is 208 g/mol. The van der Waals surface area contributed by atoms with Gasteiger partial charge in [0.05, 0.1) is 0 Å². The highest BCUT2D eigenvalue weighted by Gasteiger charge is 2.25. The van der Waals surface area contributed by atoms with E-state index in [-0.39, 0.29) is 0 Å². The lowest BCUT2D eigenvalue weighted by atomic mass is 10.5. The second-order valence-electron chi connectivity index (χ2n) is 3.81. The Hall–Kier alpha value is -1.36. The van der Waals surface area contributed by atoms with Crippen LogP contribution in [-0.2, 0) is 0 Å². The van der Waals surface area contributed by atoms with Crippen LogP contribution in [0.15, 0.2) is 12.4 Å². The first-order chi connectivity index (χ1) is 7.27. The molecule has 0 radical (unpaired) electrons. The summed E-state index contributed by atoms with van der Waals surface area (Å²) in [6.07, 6.45) is 5.75. The van der Waals surface area contributed by atoms with E-state index in [0.29, 0.717) is 18.3 Å². The van der Waals surface area contributed by atoms with E-state index in [1.165, 1.54) is 12.8 Å². The van der Waals surface area contributed by atoms with Crippen molar-refractivity contribution in [2.75, 3.05) is 25.9 Å². The van der Waals surface area contributed by atoms with Crippen molar-refractivity contribution in [1.82, 2.24) is 14.9 Å². The summed E-state index contributed by atoms with van der Waals surface area (Å²) in [7, 11) is 2.11. The van der Waals surface area contributed by atoms with Crippen molar-refractivity contribution in [2.45, 2.75) is 18.9 Å². The Kier molecular flexibility index (Phi) is 3.01. The van der Waals surface area contributed by atoms with Crippen molar-refractivity contribution < 1.29 is 4.74 Å². The van der Waals surface area contributed by atoms with Gasteiger partial charge in [0.15, 0.2) is 5.82 Å². The van der Waals surface area contributed by atoms with Gasteiger partial charge in [-0.1, -0.05) is 0 Å². The van der Waals surface area contributed by atoms with Crippen LogP contribution in [0.2, 0.25) is 0 Å². The molecule has 0 unspecified atom stereocenters. The summed E-state index contributed by atoms with van der Waals surface area (Å²) in [5, 5.41) is 0. The number of nitrogens with zero attached hydrogens (tertiary/aromatic N) is 3. The van der Waals surface area contributed by atoms with Crippen LogP contribution < -0.4 is 10.5 Å². The van der Waals surface area contributed by atoms with E-state index >= 15 is 0 Å². The van der Waals surface area contributed by atoms with Gasteiger partial charge in [-0.25, -0.2) is 9.97 Å². The van der Waals surface area contributed by atoms with Crippen molar-refractivity contribution in [1.29, 1.82) is 0 Å². The third-order valence-electron chi connectivity index (χ3n) is 2.54. The van der Waals surface area contributed by atoms with Crippen LogP contribution in [0, 0.1) is 0 Å². The van der Waals surface area contributed by atoms with E-state index in [1.54, 1.807) is 12.4 Å². The zero-order chi connectivity index (χ0) is 10.7. The average molecular weight is 208 g/mol. The predicted molar refractivity (Wildman–Crippen MR) is 57.6 cm³/mol. The van der Waals surface area contributed by atoms with Gasteiger partial charge in [-0.15, -0.1) is 0 Å². The Bertz CT molecular complexity index is 327. The topological polar surface area (TPSA) is 64.3 Å². The maximum atomic E-state index is 5.60. The van der Waals surface area contributed by atoms with Crippen LogP contribution in [0.1, 0.15) is 12.8 Å². The molecule has 15 heavy (non-hydrogen) atoms. The molecule has 1 aromatic heterocycles. The number of hydrogen-bond acceptors (Lipinski definition) is 5. The summed E-state index contributed by atoms with van der Waals surface area (Å²) in [6, 6.07) is 0.757. The van der Waals surface area contributed by atoms with Crippen molar-refractivity contribution in [2.24, 2.45) is 0 Å². The minimum atomic E-state index is 0.353. The molecule has 1 aliphatic carbocycles. The molecule has 0 amide bonds. The molecule has 0 spiro atoms. The molecule has 5 heteroatoms.